The largest absolute Gasteiger partial charge is 0.496 e. The van der Waals surface area contributed by atoms with Gasteiger partial charge in [-0.05, 0) is 52.4 Å². The summed E-state index contributed by atoms with van der Waals surface area (Å²) in [6.07, 6.45) is 3.59. The van der Waals surface area contributed by atoms with Gasteiger partial charge >= 0.3 is 5.97 Å². The van der Waals surface area contributed by atoms with Gasteiger partial charge in [0.2, 0.25) is 0 Å². The number of carbonyl (C=O) groups is 1. The van der Waals surface area contributed by atoms with E-state index in [0.29, 0.717) is 11.3 Å². The van der Waals surface area contributed by atoms with Crippen LogP contribution in [-0.4, -0.2) is 13.1 Å². The Morgan fingerprint density at radius 2 is 1.91 bits per heavy atom. The molecule has 0 spiro atoms. The third-order valence-electron chi connectivity index (χ3n) is 3.28. The van der Waals surface area contributed by atoms with Crippen LogP contribution in [0.1, 0.15) is 11.1 Å². The minimum atomic E-state index is -0.329. The Bertz CT molecular complexity index is 776. The molecule has 1 aliphatic heterocycles. The molecule has 3 nitrogen and oxygen atoms in total. The van der Waals surface area contributed by atoms with Crippen LogP contribution in [0.15, 0.2) is 60.2 Å². The van der Waals surface area contributed by atoms with Crippen LogP contribution < -0.4 is 4.74 Å². The second-order valence-electron chi connectivity index (χ2n) is 4.76. The fraction of sp³-hybridized carbons (Fsp3) is 0.0556. The predicted molar refractivity (Wildman–Crippen MR) is 94.2 cm³/mol. The standard InChI is InChI=1S/C18H13IO3/c1-21-16-8-7-12(10-15(16)19)9-14-11-17(22-18(14)20)13-5-3-2-4-6-13/h2-11H,1H3/b14-9-. The first-order chi connectivity index (χ1) is 10.7. The van der Waals surface area contributed by atoms with E-state index in [1.165, 1.54) is 0 Å². The molecular weight excluding hydrogens is 391 g/mol. The molecule has 1 heterocycles. The lowest BCUT2D eigenvalue weighted by Crippen LogP contribution is -1.97. The zero-order valence-corrected chi connectivity index (χ0v) is 14.0. The molecule has 0 N–H and O–H groups in total. The van der Waals surface area contributed by atoms with Crippen molar-refractivity contribution in [2.45, 2.75) is 0 Å². The smallest absolute Gasteiger partial charge is 0.343 e. The maximum atomic E-state index is 12.0. The van der Waals surface area contributed by atoms with E-state index in [-0.39, 0.29) is 5.97 Å². The summed E-state index contributed by atoms with van der Waals surface area (Å²) in [5.41, 5.74) is 2.37. The molecule has 0 amide bonds. The highest BCUT2D eigenvalue weighted by Gasteiger charge is 2.21. The molecule has 0 saturated carbocycles. The number of esters is 1. The van der Waals surface area contributed by atoms with E-state index in [0.717, 1.165) is 20.4 Å². The molecule has 0 radical (unpaired) electrons. The number of carbonyl (C=O) groups excluding carboxylic acids is 1. The molecule has 0 unspecified atom stereocenters. The summed E-state index contributed by atoms with van der Waals surface area (Å²) in [7, 11) is 1.64. The molecule has 3 rings (SSSR count). The van der Waals surface area contributed by atoms with Crippen molar-refractivity contribution in [2.24, 2.45) is 0 Å². The Balaban J connectivity index is 1.92. The minimum absolute atomic E-state index is 0.329. The van der Waals surface area contributed by atoms with E-state index in [2.05, 4.69) is 22.6 Å². The Hall–Kier alpha value is -2.08. The van der Waals surface area contributed by atoms with Crippen molar-refractivity contribution in [3.63, 3.8) is 0 Å². The van der Waals surface area contributed by atoms with Gasteiger partial charge in [0.25, 0.3) is 0 Å². The third kappa shape index (κ3) is 3.06. The highest BCUT2D eigenvalue weighted by Crippen LogP contribution is 2.28. The lowest BCUT2D eigenvalue weighted by atomic mass is 10.1. The van der Waals surface area contributed by atoms with Crippen LogP contribution >= 0.6 is 22.6 Å². The van der Waals surface area contributed by atoms with Gasteiger partial charge in [-0.1, -0.05) is 36.4 Å². The van der Waals surface area contributed by atoms with Crippen molar-refractivity contribution in [2.75, 3.05) is 7.11 Å². The molecule has 0 saturated heterocycles. The van der Waals surface area contributed by atoms with Crippen LogP contribution in [0.4, 0.5) is 0 Å². The number of hydrogen-bond donors (Lipinski definition) is 0. The SMILES string of the molecule is COc1ccc(/C=C2/C=C(c3ccccc3)OC2=O)cc1I. The Morgan fingerprint density at radius 3 is 2.59 bits per heavy atom. The maximum absolute atomic E-state index is 12.0. The lowest BCUT2D eigenvalue weighted by Gasteiger charge is -2.03. The number of halogens is 1. The summed E-state index contributed by atoms with van der Waals surface area (Å²) in [5, 5.41) is 0. The second kappa shape index (κ2) is 6.36. The topological polar surface area (TPSA) is 35.5 Å². The zero-order chi connectivity index (χ0) is 15.5. The summed E-state index contributed by atoms with van der Waals surface area (Å²) in [6.45, 7) is 0. The molecule has 0 fully saturated rings. The highest BCUT2D eigenvalue weighted by molar-refractivity contribution is 14.1. The van der Waals surface area contributed by atoms with Crippen LogP contribution in [0.2, 0.25) is 0 Å². The summed E-state index contributed by atoms with van der Waals surface area (Å²) < 4.78 is 11.6. The molecule has 22 heavy (non-hydrogen) atoms. The molecule has 110 valence electrons. The molecule has 2 aromatic rings. The fourth-order valence-electron chi connectivity index (χ4n) is 2.19. The van der Waals surface area contributed by atoms with E-state index in [1.54, 1.807) is 13.2 Å². The van der Waals surface area contributed by atoms with Crippen molar-refractivity contribution >= 4 is 40.4 Å². The van der Waals surface area contributed by atoms with Crippen molar-refractivity contribution in [3.05, 3.63) is 74.9 Å². The van der Waals surface area contributed by atoms with Gasteiger partial charge in [0.15, 0.2) is 0 Å². The number of rotatable bonds is 3. The summed E-state index contributed by atoms with van der Waals surface area (Å²) >= 11 is 2.21. The van der Waals surface area contributed by atoms with Gasteiger partial charge in [-0.15, -0.1) is 0 Å². The Labute approximate surface area is 142 Å². The molecule has 0 bridgehead atoms. The van der Waals surface area contributed by atoms with Crippen molar-refractivity contribution < 1.29 is 14.3 Å². The molecule has 4 heteroatoms. The summed E-state index contributed by atoms with van der Waals surface area (Å²) in [4.78, 5) is 12.0. The number of ether oxygens (including phenoxy) is 2. The average molecular weight is 404 g/mol. The number of cyclic esters (lactones) is 1. The molecule has 0 aliphatic carbocycles. The molecular formula is C18H13IO3. The van der Waals surface area contributed by atoms with E-state index in [1.807, 2.05) is 54.6 Å². The van der Waals surface area contributed by atoms with E-state index < -0.39 is 0 Å². The Kier molecular flexibility index (Phi) is 4.29. The maximum Gasteiger partial charge on any atom is 0.343 e. The van der Waals surface area contributed by atoms with Gasteiger partial charge in [-0.25, -0.2) is 4.79 Å². The summed E-state index contributed by atoms with van der Waals surface area (Å²) in [6, 6.07) is 15.3. The molecule has 0 aromatic heterocycles. The summed E-state index contributed by atoms with van der Waals surface area (Å²) in [5.74, 6) is 1.07. The van der Waals surface area contributed by atoms with E-state index >= 15 is 0 Å². The van der Waals surface area contributed by atoms with Crippen LogP contribution in [0.3, 0.4) is 0 Å². The Morgan fingerprint density at radius 1 is 1.14 bits per heavy atom. The quantitative estimate of drug-likeness (QED) is 0.435. The molecule has 1 aliphatic rings. The second-order valence-corrected chi connectivity index (χ2v) is 5.92. The van der Waals surface area contributed by atoms with Gasteiger partial charge in [-0.3, -0.25) is 0 Å². The van der Waals surface area contributed by atoms with Crippen LogP contribution in [0, 0.1) is 3.57 Å². The zero-order valence-electron chi connectivity index (χ0n) is 11.9. The monoisotopic (exact) mass is 404 g/mol. The predicted octanol–water partition coefficient (Wildman–Crippen LogP) is 4.28. The number of benzene rings is 2. The first kappa shape index (κ1) is 14.8. The van der Waals surface area contributed by atoms with Gasteiger partial charge in [0.05, 0.1) is 16.3 Å². The van der Waals surface area contributed by atoms with Gasteiger partial charge in [-0.2, -0.15) is 0 Å². The van der Waals surface area contributed by atoms with Crippen molar-refractivity contribution in [3.8, 4) is 5.75 Å². The average Bonchev–Trinajstić information content (AvgIpc) is 2.89. The fourth-order valence-corrected chi connectivity index (χ4v) is 2.95. The van der Waals surface area contributed by atoms with Crippen LogP contribution in [0.25, 0.3) is 11.8 Å². The van der Waals surface area contributed by atoms with Gasteiger partial charge in [0.1, 0.15) is 11.5 Å². The van der Waals surface area contributed by atoms with Crippen LogP contribution in [-0.2, 0) is 9.53 Å². The molecule has 2 aromatic carbocycles. The minimum Gasteiger partial charge on any atom is -0.496 e. The third-order valence-corrected chi connectivity index (χ3v) is 4.12. The normalized spacial score (nSPS) is 15.6. The number of methoxy groups -OCH3 is 1. The number of hydrogen-bond acceptors (Lipinski definition) is 3. The van der Waals surface area contributed by atoms with Crippen molar-refractivity contribution in [1.29, 1.82) is 0 Å². The highest BCUT2D eigenvalue weighted by atomic mass is 127. The van der Waals surface area contributed by atoms with E-state index in [9.17, 15) is 4.79 Å². The van der Waals surface area contributed by atoms with Gasteiger partial charge < -0.3 is 9.47 Å². The van der Waals surface area contributed by atoms with Gasteiger partial charge in [0, 0.05) is 5.56 Å². The van der Waals surface area contributed by atoms with Crippen LogP contribution in [0.5, 0.6) is 5.75 Å². The first-order valence-electron chi connectivity index (χ1n) is 6.72. The molecule has 0 atom stereocenters. The lowest BCUT2D eigenvalue weighted by molar-refractivity contribution is -0.130. The first-order valence-corrected chi connectivity index (χ1v) is 7.80. The van der Waals surface area contributed by atoms with Crippen molar-refractivity contribution in [1.82, 2.24) is 0 Å². The van der Waals surface area contributed by atoms with E-state index in [4.69, 9.17) is 9.47 Å².